The quantitative estimate of drug-likeness (QED) is 0.822. The minimum atomic E-state index is -2.96. The number of piperidine rings is 1. The fraction of sp³-hybridized carbons (Fsp3) is 0.333. The maximum atomic E-state index is 12.7. The number of likely N-dealkylation sites (tertiary alicyclic amines) is 1. The molecular weight excluding hydrogens is 368 g/mol. The molecule has 0 atom stereocenters. The Kier molecular flexibility index (Phi) is 5.92. The number of halogens is 2. The Balaban J connectivity index is 1.70. The second-order valence-electron chi connectivity index (χ2n) is 6.80. The van der Waals surface area contributed by atoms with Crippen LogP contribution < -0.4 is 4.74 Å². The zero-order chi connectivity index (χ0) is 20.1. The number of nitrogens with zero attached hydrogens (tertiary/aromatic N) is 1. The number of alkyl halides is 2. The third-order valence-corrected chi connectivity index (χ3v) is 5.24. The molecule has 1 aliphatic heterocycles. The van der Waals surface area contributed by atoms with Crippen molar-refractivity contribution in [1.82, 2.24) is 4.90 Å². The molecule has 1 fully saturated rings. The number of hydrogen-bond acceptors (Lipinski definition) is 3. The Hall–Kier alpha value is -2.96. The molecule has 2 aromatic rings. The molecule has 7 heteroatoms. The molecule has 148 valence electrons. The predicted molar refractivity (Wildman–Crippen MR) is 98.3 cm³/mol. The van der Waals surface area contributed by atoms with Crippen molar-refractivity contribution < 1.29 is 28.2 Å². The van der Waals surface area contributed by atoms with Gasteiger partial charge in [-0.25, -0.2) is 0 Å². The van der Waals surface area contributed by atoms with E-state index in [1.165, 1.54) is 6.07 Å². The highest BCUT2D eigenvalue weighted by molar-refractivity contribution is 5.83. The van der Waals surface area contributed by atoms with E-state index in [1.807, 2.05) is 6.07 Å². The van der Waals surface area contributed by atoms with Crippen molar-refractivity contribution in [3.63, 3.8) is 0 Å². The molecule has 0 unspecified atom stereocenters. The molecule has 0 radical (unpaired) electrons. The van der Waals surface area contributed by atoms with Crippen LogP contribution in [0.5, 0.6) is 5.75 Å². The highest BCUT2D eigenvalue weighted by Gasteiger charge is 2.43. The van der Waals surface area contributed by atoms with Gasteiger partial charge in [-0.05, 0) is 24.5 Å². The van der Waals surface area contributed by atoms with E-state index >= 15 is 0 Å². The SMILES string of the molecule is O=C(Cc1ccccc1OC(F)F)N1CCC(C(=O)O)(c2ccccc2)CC1. The average Bonchev–Trinajstić information content (AvgIpc) is 2.69. The fourth-order valence-electron chi connectivity index (χ4n) is 3.66. The van der Waals surface area contributed by atoms with E-state index in [4.69, 9.17) is 0 Å². The summed E-state index contributed by atoms with van der Waals surface area (Å²) in [6, 6.07) is 15.2. The van der Waals surface area contributed by atoms with Gasteiger partial charge in [0.1, 0.15) is 5.75 Å². The molecule has 0 aromatic heterocycles. The number of benzene rings is 2. The molecule has 28 heavy (non-hydrogen) atoms. The minimum absolute atomic E-state index is 0.0213. The van der Waals surface area contributed by atoms with E-state index in [0.29, 0.717) is 18.4 Å². The largest absolute Gasteiger partial charge is 0.481 e. The van der Waals surface area contributed by atoms with Crippen molar-refractivity contribution in [2.45, 2.75) is 31.3 Å². The zero-order valence-corrected chi connectivity index (χ0v) is 15.2. The van der Waals surface area contributed by atoms with Gasteiger partial charge >= 0.3 is 12.6 Å². The van der Waals surface area contributed by atoms with Gasteiger partial charge in [0.05, 0.1) is 11.8 Å². The average molecular weight is 389 g/mol. The van der Waals surface area contributed by atoms with E-state index in [-0.39, 0.29) is 31.2 Å². The third-order valence-electron chi connectivity index (χ3n) is 5.24. The standard InChI is InChI=1S/C21H21F2NO4/c22-20(23)28-17-9-5-4-6-15(17)14-18(25)24-12-10-21(11-13-24,19(26)27)16-7-2-1-3-8-16/h1-9,20H,10-14H2,(H,26,27). The Morgan fingerprint density at radius 1 is 1.04 bits per heavy atom. The van der Waals surface area contributed by atoms with Crippen LogP contribution in [0.2, 0.25) is 0 Å². The van der Waals surface area contributed by atoms with Gasteiger partial charge in [-0.3, -0.25) is 9.59 Å². The lowest BCUT2D eigenvalue weighted by molar-refractivity contribution is -0.148. The molecule has 1 N–H and O–H groups in total. The monoisotopic (exact) mass is 389 g/mol. The van der Waals surface area contributed by atoms with Crippen molar-refractivity contribution in [1.29, 1.82) is 0 Å². The van der Waals surface area contributed by atoms with Gasteiger partial charge in [0.2, 0.25) is 5.91 Å². The normalized spacial score (nSPS) is 16.0. The zero-order valence-electron chi connectivity index (χ0n) is 15.2. The van der Waals surface area contributed by atoms with Gasteiger partial charge in [0.25, 0.3) is 0 Å². The van der Waals surface area contributed by atoms with E-state index in [1.54, 1.807) is 47.4 Å². The van der Waals surface area contributed by atoms with Gasteiger partial charge in [-0.2, -0.15) is 8.78 Å². The summed E-state index contributed by atoms with van der Waals surface area (Å²) in [4.78, 5) is 26.2. The van der Waals surface area contributed by atoms with Gasteiger partial charge < -0.3 is 14.7 Å². The van der Waals surface area contributed by atoms with E-state index < -0.39 is 18.0 Å². The molecule has 1 saturated heterocycles. The second kappa shape index (κ2) is 8.37. The predicted octanol–water partition coefficient (Wildman–Crippen LogP) is 3.48. The molecule has 0 aliphatic carbocycles. The molecule has 3 rings (SSSR count). The fourth-order valence-corrected chi connectivity index (χ4v) is 3.66. The Labute approximate surface area is 161 Å². The Bertz CT molecular complexity index is 833. The topological polar surface area (TPSA) is 66.8 Å². The van der Waals surface area contributed by atoms with Crippen LogP contribution in [0.15, 0.2) is 54.6 Å². The van der Waals surface area contributed by atoms with Gasteiger partial charge in [0, 0.05) is 18.7 Å². The number of carbonyl (C=O) groups excluding carboxylic acids is 1. The van der Waals surface area contributed by atoms with E-state index in [9.17, 15) is 23.5 Å². The highest BCUT2D eigenvalue weighted by atomic mass is 19.3. The molecular formula is C21H21F2NO4. The van der Waals surface area contributed by atoms with Crippen molar-refractivity contribution >= 4 is 11.9 Å². The van der Waals surface area contributed by atoms with Crippen LogP contribution in [-0.4, -0.2) is 41.6 Å². The summed E-state index contributed by atoms with van der Waals surface area (Å²) in [5.74, 6) is -1.16. The number of amides is 1. The molecule has 1 aliphatic rings. The first-order valence-electron chi connectivity index (χ1n) is 9.02. The number of aliphatic carboxylic acids is 1. The summed E-state index contributed by atoms with van der Waals surface area (Å²) in [7, 11) is 0. The van der Waals surface area contributed by atoms with Crippen molar-refractivity contribution in [3.05, 3.63) is 65.7 Å². The number of carbonyl (C=O) groups is 2. The van der Waals surface area contributed by atoms with E-state index in [2.05, 4.69) is 4.74 Å². The maximum absolute atomic E-state index is 12.7. The molecule has 0 saturated carbocycles. The Morgan fingerprint density at radius 3 is 2.25 bits per heavy atom. The van der Waals surface area contributed by atoms with Crippen molar-refractivity contribution in [3.8, 4) is 5.75 Å². The summed E-state index contributed by atoms with van der Waals surface area (Å²) in [6.07, 6.45) is 0.523. The summed E-state index contributed by atoms with van der Waals surface area (Å²) < 4.78 is 29.6. The van der Waals surface area contributed by atoms with Crippen LogP contribution in [0.3, 0.4) is 0 Å². The van der Waals surface area contributed by atoms with Crippen LogP contribution in [-0.2, 0) is 21.4 Å². The number of rotatable bonds is 6. The molecule has 0 bridgehead atoms. The van der Waals surface area contributed by atoms with Crippen LogP contribution in [0.4, 0.5) is 8.78 Å². The van der Waals surface area contributed by atoms with E-state index in [0.717, 1.165) is 5.56 Å². The smallest absolute Gasteiger partial charge is 0.387 e. The second-order valence-corrected chi connectivity index (χ2v) is 6.80. The van der Waals surface area contributed by atoms with Gasteiger partial charge in [0.15, 0.2) is 0 Å². The third kappa shape index (κ3) is 4.13. The summed E-state index contributed by atoms with van der Waals surface area (Å²) in [5.41, 5.74) is 0.0885. The van der Waals surface area contributed by atoms with Crippen LogP contribution in [0.1, 0.15) is 24.0 Å². The minimum Gasteiger partial charge on any atom is -0.481 e. The molecule has 2 aromatic carbocycles. The van der Waals surface area contributed by atoms with Crippen LogP contribution >= 0.6 is 0 Å². The lowest BCUT2D eigenvalue weighted by Crippen LogP contribution is -2.49. The first kappa shape index (κ1) is 19.8. The number of carboxylic acids is 1. The molecule has 5 nitrogen and oxygen atoms in total. The molecule has 1 heterocycles. The van der Waals surface area contributed by atoms with Gasteiger partial charge in [-0.1, -0.05) is 48.5 Å². The number of hydrogen-bond donors (Lipinski definition) is 1. The number of carboxylic acid groups (broad SMARTS) is 1. The number of para-hydroxylation sites is 1. The summed E-state index contributed by atoms with van der Waals surface area (Å²) in [5, 5.41) is 9.83. The summed E-state index contributed by atoms with van der Waals surface area (Å²) >= 11 is 0. The first-order valence-corrected chi connectivity index (χ1v) is 9.02. The lowest BCUT2D eigenvalue weighted by Gasteiger charge is -2.39. The van der Waals surface area contributed by atoms with Crippen LogP contribution in [0.25, 0.3) is 0 Å². The highest BCUT2D eigenvalue weighted by Crippen LogP contribution is 2.36. The number of ether oxygens (including phenoxy) is 1. The summed E-state index contributed by atoms with van der Waals surface area (Å²) in [6.45, 7) is -2.39. The van der Waals surface area contributed by atoms with Crippen molar-refractivity contribution in [2.24, 2.45) is 0 Å². The first-order chi connectivity index (χ1) is 13.4. The molecule has 0 spiro atoms. The lowest BCUT2D eigenvalue weighted by atomic mass is 9.73. The maximum Gasteiger partial charge on any atom is 0.387 e. The van der Waals surface area contributed by atoms with Crippen molar-refractivity contribution in [2.75, 3.05) is 13.1 Å². The van der Waals surface area contributed by atoms with Gasteiger partial charge in [-0.15, -0.1) is 0 Å². The molecule has 1 amide bonds. The van der Waals surface area contributed by atoms with Crippen LogP contribution in [0, 0.1) is 0 Å². The Morgan fingerprint density at radius 2 is 1.64 bits per heavy atom.